The van der Waals surface area contributed by atoms with E-state index in [2.05, 4.69) is 28.4 Å². The number of morpholine rings is 1. The zero-order chi connectivity index (χ0) is 22.2. The smallest absolute Gasteiger partial charge is 0.222 e. The Labute approximate surface area is 191 Å². The van der Waals surface area contributed by atoms with Crippen molar-refractivity contribution in [2.45, 2.75) is 45.1 Å². The van der Waals surface area contributed by atoms with E-state index in [-0.39, 0.29) is 17.2 Å². The maximum absolute atomic E-state index is 12.6. The summed E-state index contributed by atoms with van der Waals surface area (Å²) in [5.41, 5.74) is 2.66. The van der Waals surface area contributed by atoms with Crippen LogP contribution in [0, 0.1) is 5.41 Å². The number of nitrogens with zero attached hydrogens (tertiary/aromatic N) is 2. The lowest BCUT2D eigenvalue weighted by atomic mass is 9.79. The van der Waals surface area contributed by atoms with Crippen LogP contribution < -0.4 is 5.32 Å². The van der Waals surface area contributed by atoms with Gasteiger partial charge in [0.1, 0.15) is 0 Å². The Kier molecular flexibility index (Phi) is 8.16. The molecule has 3 aliphatic heterocycles. The minimum Gasteiger partial charge on any atom is -0.381 e. The molecule has 3 heterocycles. The van der Waals surface area contributed by atoms with Crippen molar-refractivity contribution in [3.8, 4) is 0 Å². The van der Waals surface area contributed by atoms with E-state index in [0.29, 0.717) is 32.4 Å². The van der Waals surface area contributed by atoms with Crippen LogP contribution in [0.1, 0.15) is 43.2 Å². The van der Waals surface area contributed by atoms with Crippen molar-refractivity contribution in [1.29, 1.82) is 0 Å². The van der Waals surface area contributed by atoms with Crippen LogP contribution >= 0.6 is 0 Å². The van der Waals surface area contributed by atoms with Crippen LogP contribution in [0.4, 0.5) is 0 Å². The van der Waals surface area contributed by atoms with Crippen molar-refractivity contribution >= 4 is 11.8 Å². The van der Waals surface area contributed by atoms with E-state index in [0.717, 1.165) is 71.9 Å². The van der Waals surface area contributed by atoms with E-state index in [1.54, 1.807) is 0 Å². The van der Waals surface area contributed by atoms with Crippen LogP contribution in [0.25, 0.3) is 0 Å². The summed E-state index contributed by atoms with van der Waals surface area (Å²) < 4.78 is 11.1. The molecule has 4 rings (SSSR count). The Balaban J connectivity index is 1.19. The van der Waals surface area contributed by atoms with Gasteiger partial charge in [0.05, 0.1) is 13.2 Å². The van der Waals surface area contributed by atoms with Gasteiger partial charge in [-0.15, -0.1) is 0 Å². The van der Waals surface area contributed by atoms with Crippen LogP contribution in [0.3, 0.4) is 0 Å². The highest BCUT2D eigenvalue weighted by molar-refractivity contribution is 5.79. The summed E-state index contributed by atoms with van der Waals surface area (Å²) in [6.45, 7) is 8.13. The maximum Gasteiger partial charge on any atom is 0.222 e. The first-order valence-corrected chi connectivity index (χ1v) is 12.1. The number of hydrogen-bond acceptors (Lipinski definition) is 5. The minimum atomic E-state index is 0.0506. The quantitative estimate of drug-likeness (QED) is 0.665. The zero-order valence-electron chi connectivity index (χ0n) is 19.2. The number of amides is 2. The topological polar surface area (TPSA) is 71.1 Å². The van der Waals surface area contributed by atoms with Crippen LogP contribution in [0.5, 0.6) is 0 Å². The summed E-state index contributed by atoms with van der Waals surface area (Å²) in [5, 5.41) is 3.17. The predicted molar refractivity (Wildman–Crippen MR) is 122 cm³/mol. The molecule has 0 saturated carbocycles. The summed E-state index contributed by atoms with van der Waals surface area (Å²) in [7, 11) is 0. The van der Waals surface area contributed by atoms with Crippen LogP contribution in [0.2, 0.25) is 0 Å². The second kappa shape index (κ2) is 11.3. The highest BCUT2D eigenvalue weighted by Gasteiger charge is 2.35. The molecule has 176 valence electrons. The maximum atomic E-state index is 12.6. The second-order valence-corrected chi connectivity index (χ2v) is 9.47. The molecule has 1 aromatic rings. The van der Waals surface area contributed by atoms with Crippen molar-refractivity contribution in [2.24, 2.45) is 5.41 Å². The molecule has 7 nitrogen and oxygen atoms in total. The van der Waals surface area contributed by atoms with Crippen LogP contribution in [-0.2, 0) is 32.0 Å². The highest BCUT2D eigenvalue weighted by Crippen LogP contribution is 2.31. The number of benzene rings is 1. The molecule has 0 atom stereocenters. The lowest BCUT2D eigenvalue weighted by Crippen LogP contribution is -2.50. The van der Waals surface area contributed by atoms with Gasteiger partial charge in [0.15, 0.2) is 0 Å². The van der Waals surface area contributed by atoms with Gasteiger partial charge in [0, 0.05) is 70.7 Å². The van der Waals surface area contributed by atoms with E-state index >= 15 is 0 Å². The summed E-state index contributed by atoms with van der Waals surface area (Å²) in [4.78, 5) is 29.6. The molecule has 2 fully saturated rings. The van der Waals surface area contributed by atoms with Gasteiger partial charge in [0.25, 0.3) is 0 Å². The Morgan fingerprint density at radius 3 is 2.44 bits per heavy atom. The summed E-state index contributed by atoms with van der Waals surface area (Å²) >= 11 is 0. The highest BCUT2D eigenvalue weighted by atomic mass is 16.5. The zero-order valence-corrected chi connectivity index (χ0v) is 19.2. The van der Waals surface area contributed by atoms with Crippen molar-refractivity contribution in [3.63, 3.8) is 0 Å². The number of carbonyl (C=O) groups is 2. The number of rotatable bonds is 8. The minimum absolute atomic E-state index is 0.0506. The standard InChI is InChI=1S/C25H37N3O4/c29-23(6-3-7-24(30)28-11-8-21-4-1-2-5-22(21)18-28)26-19-25(9-14-31-15-10-25)20-27-12-16-32-17-13-27/h1-2,4-5H,3,6-20H2,(H,26,29). The molecule has 2 amide bonds. The Morgan fingerprint density at radius 1 is 0.938 bits per heavy atom. The molecule has 2 saturated heterocycles. The van der Waals surface area contributed by atoms with Crippen molar-refractivity contribution in [3.05, 3.63) is 35.4 Å². The number of carbonyl (C=O) groups excluding carboxylic acids is 2. The van der Waals surface area contributed by atoms with Crippen molar-refractivity contribution in [1.82, 2.24) is 15.1 Å². The van der Waals surface area contributed by atoms with Gasteiger partial charge in [-0.25, -0.2) is 0 Å². The molecule has 7 heteroatoms. The fourth-order valence-electron chi connectivity index (χ4n) is 5.07. The molecule has 1 aromatic carbocycles. The van der Waals surface area contributed by atoms with E-state index in [1.165, 1.54) is 11.1 Å². The molecule has 0 radical (unpaired) electrons. The van der Waals surface area contributed by atoms with Gasteiger partial charge in [-0.05, 0) is 36.8 Å². The Bertz CT molecular complexity index is 772. The van der Waals surface area contributed by atoms with E-state index in [9.17, 15) is 9.59 Å². The third kappa shape index (κ3) is 6.30. The average Bonchev–Trinajstić information content (AvgIpc) is 2.84. The SMILES string of the molecule is O=C(CCCC(=O)N1CCc2ccccc2C1)NCC1(CN2CCOCC2)CCOCC1. The van der Waals surface area contributed by atoms with Gasteiger partial charge in [-0.2, -0.15) is 0 Å². The first kappa shape index (κ1) is 23.2. The molecule has 0 bridgehead atoms. The molecule has 0 aromatic heterocycles. The number of fused-ring (bicyclic) bond motifs is 1. The van der Waals surface area contributed by atoms with E-state index in [1.807, 2.05) is 11.0 Å². The summed E-state index contributed by atoms with van der Waals surface area (Å²) in [5.74, 6) is 0.204. The Morgan fingerprint density at radius 2 is 1.66 bits per heavy atom. The van der Waals surface area contributed by atoms with Crippen molar-refractivity contribution in [2.75, 3.05) is 59.2 Å². The third-order valence-corrected chi connectivity index (χ3v) is 7.15. The number of nitrogens with one attached hydrogen (secondary N) is 1. The third-order valence-electron chi connectivity index (χ3n) is 7.15. The predicted octanol–water partition coefficient (Wildman–Crippen LogP) is 1.99. The molecule has 0 unspecified atom stereocenters. The fraction of sp³-hybridized carbons (Fsp3) is 0.680. The fourth-order valence-corrected chi connectivity index (χ4v) is 5.07. The molecule has 0 spiro atoms. The lowest BCUT2D eigenvalue weighted by molar-refractivity contribution is -0.132. The Hall–Kier alpha value is -1.96. The van der Waals surface area contributed by atoms with Crippen LogP contribution in [-0.4, -0.2) is 80.8 Å². The van der Waals surface area contributed by atoms with Gasteiger partial charge in [-0.3, -0.25) is 14.5 Å². The molecule has 1 N–H and O–H groups in total. The number of hydrogen-bond donors (Lipinski definition) is 1. The van der Waals surface area contributed by atoms with Crippen LogP contribution in [0.15, 0.2) is 24.3 Å². The van der Waals surface area contributed by atoms with Gasteiger partial charge < -0.3 is 19.7 Å². The molecule has 0 aliphatic carbocycles. The largest absolute Gasteiger partial charge is 0.381 e. The first-order valence-electron chi connectivity index (χ1n) is 12.1. The number of ether oxygens (including phenoxy) is 2. The van der Waals surface area contributed by atoms with E-state index in [4.69, 9.17) is 9.47 Å². The lowest BCUT2D eigenvalue weighted by Gasteiger charge is -2.42. The monoisotopic (exact) mass is 443 g/mol. The molecule has 3 aliphatic rings. The first-order chi connectivity index (χ1) is 15.6. The van der Waals surface area contributed by atoms with E-state index < -0.39 is 0 Å². The molecule has 32 heavy (non-hydrogen) atoms. The second-order valence-electron chi connectivity index (χ2n) is 9.47. The summed E-state index contributed by atoms with van der Waals surface area (Å²) in [6, 6.07) is 8.33. The van der Waals surface area contributed by atoms with Gasteiger partial charge in [-0.1, -0.05) is 24.3 Å². The molecular formula is C25H37N3O4. The average molecular weight is 444 g/mol. The molecular weight excluding hydrogens is 406 g/mol. The van der Waals surface area contributed by atoms with Crippen molar-refractivity contribution < 1.29 is 19.1 Å². The summed E-state index contributed by atoms with van der Waals surface area (Å²) in [6.07, 6.45) is 4.29. The van der Waals surface area contributed by atoms with Gasteiger partial charge in [0.2, 0.25) is 11.8 Å². The normalized spacial score (nSPS) is 21.1. The van der Waals surface area contributed by atoms with Gasteiger partial charge >= 0.3 is 0 Å².